The Kier molecular flexibility index (Phi) is 6.26. The van der Waals surface area contributed by atoms with E-state index in [-0.39, 0.29) is 11.8 Å². The van der Waals surface area contributed by atoms with E-state index in [4.69, 9.17) is 9.84 Å². The zero-order valence-corrected chi connectivity index (χ0v) is 17.7. The lowest BCUT2D eigenvalue weighted by Gasteiger charge is -2.32. The van der Waals surface area contributed by atoms with Gasteiger partial charge in [0.2, 0.25) is 5.91 Å². The lowest BCUT2D eigenvalue weighted by molar-refractivity contribution is -0.133. The summed E-state index contributed by atoms with van der Waals surface area (Å²) in [5, 5.41) is 4.87. The van der Waals surface area contributed by atoms with Crippen molar-refractivity contribution in [1.82, 2.24) is 24.6 Å². The highest BCUT2D eigenvalue weighted by molar-refractivity contribution is 5.77. The van der Waals surface area contributed by atoms with E-state index in [1.165, 1.54) is 0 Å². The quantitative estimate of drug-likeness (QED) is 0.598. The van der Waals surface area contributed by atoms with Gasteiger partial charge in [0.15, 0.2) is 5.65 Å². The summed E-state index contributed by atoms with van der Waals surface area (Å²) in [6.07, 6.45) is 6.00. The zero-order valence-electron chi connectivity index (χ0n) is 17.7. The Hall–Kier alpha value is -2.96. The summed E-state index contributed by atoms with van der Waals surface area (Å²) in [7, 11) is 0. The van der Waals surface area contributed by atoms with Crippen molar-refractivity contribution in [2.45, 2.75) is 45.6 Å². The Morgan fingerprint density at radius 3 is 2.80 bits per heavy atom. The molecule has 7 heteroatoms. The first kappa shape index (κ1) is 20.3. The van der Waals surface area contributed by atoms with Crippen molar-refractivity contribution in [2.75, 3.05) is 19.7 Å². The fourth-order valence-electron chi connectivity index (χ4n) is 4.03. The monoisotopic (exact) mass is 407 g/mol. The van der Waals surface area contributed by atoms with Gasteiger partial charge in [0.05, 0.1) is 12.2 Å². The van der Waals surface area contributed by atoms with Gasteiger partial charge in [-0.25, -0.2) is 14.6 Å². The van der Waals surface area contributed by atoms with Crippen LogP contribution in [0.4, 0.5) is 0 Å². The van der Waals surface area contributed by atoms with Gasteiger partial charge in [0.1, 0.15) is 17.9 Å². The van der Waals surface area contributed by atoms with Crippen molar-refractivity contribution in [3.05, 3.63) is 48.4 Å². The van der Waals surface area contributed by atoms with Crippen LogP contribution in [-0.2, 0) is 11.3 Å². The summed E-state index contributed by atoms with van der Waals surface area (Å²) in [4.78, 5) is 23.7. The summed E-state index contributed by atoms with van der Waals surface area (Å²) >= 11 is 0. The number of piperidine rings is 1. The van der Waals surface area contributed by atoms with E-state index >= 15 is 0 Å². The number of likely N-dealkylation sites (tertiary alicyclic amines) is 1. The molecule has 1 atom stereocenters. The summed E-state index contributed by atoms with van der Waals surface area (Å²) < 4.78 is 7.72. The molecule has 4 rings (SSSR count). The standard InChI is InChI=1S/C23H29N5O2/c1-17(2)15-20(29)27-12-6-7-18(16-27)21-22-23(25-11-10-24-22)28(26-21)13-14-30-19-8-4-3-5-9-19/h3-5,8-11,17-18H,6-7,12-16H2,1-2H3. The first-order chi connectivity index (χ1) is 14.6. The molecule has 0 spiro atoms. The van der Waals surface area contributed by atoms with Crippen LogP contribution in [0.25, 0.3) is 11.2 Å². The van der Waals surface area contributed by atoms with Crippen molar-refractivity contribution < 1.29 is 9.53 Å². The van der Waals surface area contributed by atoms with Crippen molar-refractivity contribution in [2.24, 2.45) is 5.92 Å². The third kappa shape index (κ3) is 4.61. The number of carbonyl (C=O) groups is 1. The van der Waals surface area contributed by atoms with Gasteiger partial charge in [-0.1, -0.05) is 32.0 Å². The first-order valence-electron chi connectivity index (χ1n) is 10.7. The first-order valence-corrected chi connectivity index (χ1v) is 10.7. The van der Waals surface area contributed by atoms with E-state index in [0.717, 1.165) is 42.0 Å². The third-order valence-corrected chi connectivity index (χ3v) is 5.45. The Bertz CT molecular complexity index is 986. The van der Waals surface area contributed by atoms with E-state index in [1.807, 2.05) is 39.9 Å². The van der Waals surface area contributed by atoms with E-state index in [9.17, 15) is 4.79 Å². The molecule has 0 N–H and O–H groups in total. The molecular formula is C23H29N5O2. The van der Waals surface area contributed by atoms with Gasteiger partial charge in [-0.15, -0.1) is 0 Å². The van der Waals surface area contributed by atoms with E-state index < -0.39 is 0 Å². The molecule has 1 aromatic carbocycles. The van der Waals surface area contributed by atoms with Gasteiger partial charge in [0, 0.05) is 37.8 Å². The topological polar surface area (TPSA) is 73.1 Å². The molecule has 1 unspecified atom stereocenters. The highest BCUT2D eigenvalue weighted by atomic mass is 16.5. The van der Waals surface area contributed by atoms with Crippen LogP contribution in [0.5, 0.6) is 5.75 Å². The minimum atomic E-state index is 0.186. The molecule has 3 heterocycles. The van der Waals surface area contributed by atoms with Crippen LogP contribution in [0.1, 0.15) is 44.7 Å². The Balaban J connectivity index is 1.50. The molecule has 1 saturated heterocycles. The van der Waals surface area contributed by atoms with Crippen LogP contribution in [0.15, 0.2) is 42.7 Å². The van der Waals surface area contributed by atoms with E-state index in [0.29, 0.717) is 32.0 Å². The van der Waals surface area contributed by atoms with Gasteiger partial charge in [0.25, 0.3) is 0 Å². The second kappa shape index (κ2) is 9.24. The molecule has 1 fully saturated rings. The lowest BCUT2D eigenvalue weighted by atomic mass is 9.93. The molecule has 30 heavy (non-hydrogen) atoms. The number of para-hydroxylation sites is 1. The molecule has 1 aliphatic heterocycles. The average Bonchev–Trinajstić information content (AvgIpc) is 3.13. The number of fused-ring (bicyclic) bond motifs is 1. The molecule has 2 aromatic heterocycles. The number of hydrogen-bond acceptors (Lipinski definition) is 5. The van der Waals surface area contributed by atoms with E-state index in [1.54, 1.807) is 12.4 Å². The molecule has 3 aromatic rings. The van der Waals surface area contributed by atoms with Gasteiger partial charge in [-0.3, -0.25) is 4.79 Å². The van der Waals surface area contributed by atoms with Gasteiger partial charge in [-0.05, 0) is 30.9 Å². The number of rotatable bonds is 7. The number of nitrogens with zero attached hydrogens (tertiary/aromatic N) is 5. The maximum atomic E-state index is 12.6. The molecule has 1 amide bonds. The predicted octanol–water partition coefficient (Wildman–Crippen LogP) is 3.66. The Morgan fingerprint density at radius 1 is 1.20 bits per heavy atom. The van der Waals surface area contributed by atoms with Crippen molar-refractivity contribution in [3.63, 3.8) is 0 Å². The molecular weight excluding hydrogens is 378 g/mol. The zero-order chi connectivity index (χ0) is 20.9. The number of amides is 1. The number of hydrogen-bond donors (Lipinski definition) is 0. The fraction of sp³-hybridized carbons (Fsp3) is 0.478. The van der Waals surface area contributed by atoms with Crippen LogP contribution in [0.2, 0.25) is 0 Å². The molecule has 0 bridgehead atoms. The number of ether oxygens (including phenoxy) is 1. The summed E-state index contributed by atoms with van der Waals surface area (Å²) in [5.74, 6) is 1.63. The maximum absolute atomic E-state index is 12.6. The molecule has 1 aliphatic rings. The second-order valence-electron chi connectivity index (χ2n) is 8.28. The van der Waals surface area contributed by atoms with Crippen LogP contribution < -0.4 is 4.74 Å². The predicted molar refractivity (Wildman–Crippen MR) is 115 cm³/mol. The van der Waals surface area contributed by atoms with Crippen LogP contribution >= 0.6 is 0 Å². The molecule has 158 valence electrons. The second-order valence-corrected chi connectivity index (χ2v) is 8.28. The van der Waals surface area contributed by atoms with Crippen molar-refractivity contribution in [1.29, 1.82) is 0 Å². The van der Waals surface area contributed by atoms with Gasteiger partial charge < -0.3 is 9.64 Å². The lowest BCUT2D eigenvalue weighted by Crippen LogP contribution is -2.39. The minimum absolute atomic E-state index is 0.186. The van der Waals surface area contributed by atoms with Crippen molar-refractivity contribution >= 4 is 17.1 Å². The van der Waals surface area contributed by atoms with Gasteiger partial charge in [-0.2, -0.15) is 5.10 Å². The summed E-state index contributed by atoms with van der Waals surface area (Å²) in [6, 6.07) is 9.76. The smallest absolute Gasteiger partial charge is 0.222 e. The summed E-state index contributed by atoms with van der Waals surface area (Å²) in [6.45, 7) is 6.79. The average molecular weight is 408 g/mol. The number of carbonyl (C=O) groups excluding carboxylic acids is 1. The molecule has 0 aliphatic carbocycles. The highest BCUT2D eigenvalue weighted by Crippen LogP contribution is 2.30. The van der Waals surface area contributed by atoms with Crippen LogP contribution in [0, 0.1) is 5.92 Å². The molecule has 0 saturated carbocycles. The van der Waals surface area contributed by atoms with Gasteiger partial charge >= 0.3 is 0 Å². The fourth-order valence-corrected chi connectivity index (χ4v) is 4.03. The summed E-state index contributed by atoms with van der Waals surface area (Å²) in [5.41, 5.74) is 2.55. The molecule has 7 nitrogen and oxygen atoms in total. The molecule has 0 radical (unpaired) electrons. The largest absolute Gasteiger partial charge is 0.492 e. The highest BCUT2D eigenvalue weighted by Gasteiger charge is 2.29. The normalized spacial score (nSPS) is 16.9. The Morgan fingerprint density at radius 2 is 2.00 bits per heavy atom. The van der Waals surface area contributed by atoms with Crippen molar-refractivity contribution in [3.8, 4) is 5.75 Å². The number of aromatic nitrogens is 4. The SMILES string of the molecule is CC(C)CC(=O)N1CCCC(c2nn(CCOc3ccccc3)c3nccnc23)C1. The third-order valence-electron chi connectivity index (χ3n) is 5.45. The van der Waals surface area contributed by atoms with E-state index in [2.05, 4.69) is 23.8 Å². The Labute approximate surface area is 177 Å². The van der Waals surface area contributed by atoms with Crippen LogP contribution in [0.3, 0.4) is 0 Å². The number of benzene rings is 1. The van der Waals surface area contributed by atoms with Crippen LogP contribution in [-0.4, -0.2) is 50.3 Å². The maximum Gasteiger partial charge on any atom is 0.222 e. The minimum Gasteiger partial charge on any atom is -0.492 e.